The van der Waals surface area contributed by atoms with Crippen LogP contribution in [-0.2, 0) is 0 Å². The maximum Gasteiger partial charge on any atom is 1.00 e. The van der Waals surface area contributed by atoms with Gasteiger partial charge in [0.05, 0.1) is 0 Å². The molecule has 14 heavy (non-hydrogen) atoms. The van der Waals surface area contributed by atoms with Gasteiger partial charge in [-0.1, -0.05) is 12.1 Å². The zero-order valence-electron chi connectivity index (χ0n) is 7.38. The Morgan fingerprint density at radius 1 is 1.36 bits per heavy atom. The van der Waals surface area contributed by atoms with Crippen LogP contribution in [0.2, 0.25) is 0 Å². The second-order valence-corrected chi connectivity index (χ2v) is 1.90. The molecule has 1 aromatic carbocycles. The van der Waals surface area contributed by atoms with Gasteiger partial charge in [0.15, 0.2) is 0 Å². The maximum atomic E-state index is 10.3. The number of carboxylic acid groups (broad SMARTS) is 1. The van der Waals surface area contributed by atoms with E-state index in [1.54, 1.807) is 12.1 Å². The third-order valence-corrected chi connectivity index (χ3v) is 1.13. The van der Waals surface area contributed by atoms with Crippen LogP contribution in [0.15, 0.2) is 29.6 Å². The fourth-order valence-corrected chi connectivity index (χ4v) is 0.654. The number of hydrogen-bond acceptors (Lipinski definition) is 5. The second-order valence-electron chi connectivity index (χ2n) is 1.90. The van der Waals surface area contributed by atoms with Crippen LogP contribution in [0.4, 0.5) is 0 Å². The van der Waals surface area contributed by atoms with E-state index in [4.69, 9.17) is 20.3 Å². The van der Waals surface area contributed by atoms with Crippen molar-refractivity contribution in [2.24, 2.45) is 5.34 Å². The van der Waals surface area contributed by atoms with Gasteiger partial charge in [0.1, 0.15) is 11.3 Å². The van der Waals surface area contributed by atoms with Crippen LogP contribution >= 0.6 is 0 Å². The van der Waals surface area contributed by atoms with E-state index in [-0.39, 0.29) is 40.9 Å². The Kier molecular flexibility index (Phi) is 9.31. The number of para-hydroxylation sites is 1. The van der Waals surface area contributed by atoms with Crippen LogP contribution in [0.3, 0.4) is 0 Å². The number of carboxylic acids is 1. The topological polar surface area (TPSA) is 110 Å². The van der Waals surface area contributed by atoms with Crippen molar-refractivity contribution in [2.75, 3.05) is 0 Å². The van der Waals surface area contributed by atoms with Crippen LogP contribution in [-0.4, -0.2) is 16.2 Å². The van der Waals surface area contributed by atoms with Gasteiger partial charge < -0.3 is 20.3 Å². The summed E-state index contributed by atoms with van der Waals surface area (Å²) >= 11 is 0. The van der Waals surface area contributed by atoms with Crippen molar-refractivity contribution in [1.29, 1.82) is 0 Å². The summed E-state index contributed by atoms with van der Waals surface area (Å²) in [7, 11) is 0. The Morgan fingerprint density at radius 2 is 1.79 bits per heavy atom. The standard InChI is InChI=1S/C7H6O3.HNO2.Na/c8-6-4-2-1-3-5(6)7(9)10;2-1-3;/h1-4,8H,(H,9,10);(H,2,3);/q;;+1/p-1. The molecule has 6 nitrogen and oxygen atoms in total. The first-order chi connectivity index (χ1) is 6.13. The van der Waals surface area contributed by atoms with Crippen molar-refractivity contribution in [3.63, 3.8) is 0 Å². The predicted molar refractivity (Wildman–Crippen MR) is 44.2 cm³/mol. The molecular weight excluding hydrogens is 201 g/mol. The smallest absolute Gasteiger partial charge is 0.507 e. The van der Waals surface area contributed by atoms with Gasteiger partial charge in [-0.25, -0.2) is 4.79 Å². The second kappa shape index (κ2) is 8.49. The first kappa shape index (κ1) is 15.4. The Hall–Kier alpha value is -1.11. The third kappa shape index (κ3) is 5.52. The van der Waals surface area contributed by atoms with Gasteiger partial charge in [-0.05, 0) is 12.1 Å². The van der Waals surface area contributed by atoms with E-state index in [9.17, 15) is 4.79 Å². The summed E-state index contributed by atoms with van der Waals surface area (Å²) in [6, 6.07) is 5.81. The quantitative estimate of drug-likeness (QED) is 0.325. The molecule has 0 spiro atoms. The molecule has 0 aromatic heterocycles. The summed E-state index contributed by atoms with van der Waals surface area (Å²) in [5.41, 5.74) is -0.0671. The van der Waals surface area contributed by atoms with Crippen LogP contribution in [0.5, 0.6) is 5.75 Å². The predicted octanol–water partition coefficient (Wildman–Crippen LogP) is -1.66. The normalized spacial score (nSPS) is 7.43. The van der Waals surface area contributed by atoms with Crippen molar-refractivity contribution in [1.82, 2.24) is 0 Å². The van der Waals surface area contributed by atoms with Crippen molar-refractivity contribution >= 4 is 5.97 Å². The van der Waals surface area contributed by atoms with Crippen molar-refractivity contribution in [2.45, 2.75) is 0 Å². The minimum atomic E-state index is -1.11. The molecule has 0 unspecified atom stereocenters. The van der Waals surface area contributed by atoms with Gasteiger partial charge in [-0.2, -0.15) is 0 Å². The monoisotopic (exact) mass is 207 g/mol. The molecule has 0 fully saturated rings. The van der Waals surface area contributed by atoms with Crippen LogP contribution < -0.4 is 29.6 Å². The number of phenols is 1. The van der Waals surface area contributed by atoms with E-state index in [0.717, 1.165) is 5.34 Å². The van der Waals surface area contributed by atoms with Gasteiger partial charge in [0.25, 0.3) is 0 Å². The Bertz CT molecular complexity index is 304. The van der Waals surface area contributed by atoms with E-state index >= 15 is 0 Å². The molecule has 2 N–H and O–H groups in total. The van der Waals surface area contributed by atoms with E-state index in [0.29, 0.717) is 0 Å². The van der Waals surface area contributed by atoms with Crippen molar-refractivity contribution in [3.8, 4) is 5.75 Å². The molecule has 0 radical (unpaired) electrons. The average Bonchev–Trinajstić information content (AvgIpc) is 2.06. The SMILES string of the molecule is O=C(O)c1ccccc1O.O=N[O-].[Na+]. The summed E-state index contributed by atoms with van der Waals surface area (Å²) in [5, 5.41) is 26.3. The summed E-state index contributed by atoms with van der Waals surface area (Å²) in [6.07, 6.45) is 0. The zero-order valence-corrected chi connectivity index (χ0v) is 9.38. The number of benzene rings is 1. The Labute approximate surface area is 101 Å². The van der Waals surface area contributed by atoms with E-state index < -0.39 is 5.97 Å². The van der Waals surface area contributed by atoms with E-state index in [2.05, 4.69) is 0 Å². The van der Waals surface area contributed by atoms with Gasteiger partial charge in [0.2, 0.25) is 0 Å². The summed E-state index contributed by atoms with van der Waals surface area (Å²) in [4.78, 5) is 18.3. The van der Waals surface area contributed by atoms with Crippen molar-refractivity contribution in [3.05, 3.63) is 39.9 Å². The largest absolute Gasteiger partial charge is 1.00 e. The van der Waals surface area contributed by atoms with E-state index in [1.165, 1.54) is 12.1 Å². The first-order valence-corrected chi connectivity index (χ1v) is 3.09. The minimum absolute atomic E-state index is 0. The minimum Gasteiger partial charge on any atom is -0.507 e. The van der Waals surface area contributed by atoms with E-state index in [1.807, 2.05) is 0 Å². The molecule has 0 saturated carbocycles. The average molecular weight is 207 g/mol. The van der Waals surface area contributed by atoms with Crippen LogP contribution in [0.25, 0.3) is 0 Å². The summed E-state index contributed by atoms with van der Waals surface area (Å²) in [6.45, 7) is 0. The molecule has 0 aliphatic rings. The van der Waals surface area contributed by atoms with Gasteiger partial charge in [-0.15, -0.1) is 5.34 Å². The molecule has 0 atom stereocenters. The number of hydrogen-bond donors (Lipinski definition) is 2. The summed E-state index contributed by atoms with van der Waals surface area (Å²) < 4.78 is 0. The number of aromatic carboxylic acids is 1. The first-order valence-electron chi connectivity index (χ1n) is 3.09. The molecule has 0 amide bonds. The van der Waals surface area contributed by atoms with Gasteiger partial charge in [-0.3, -0.25) is 0 Å². The van der Waals surface area contributed by atoms with Crippen LogP contribution in [0, 0.1) is 10.1 Å². The fraction of sp³-hybridized carbons (Fsp3) is 0. The molecule has 70 valence electrons. The number of rotatable bonds is 1. The Morgan fingerprint density at radius 3 is 2.07 bits per heavy atom. The fourth-order valence-electron chi connectivity index (χ4n) is 0.654. The molecule has 1 aromatic rings. The molecule has 7 heteroatoms. The van der Waals surface area contributed by atoms with Crippen LogP contribution in [0.1, 0.15) is 10.4 Å². The third-order valence-electron chi connectivity index (χ3n) is 1.13. The number of aromatic hydroxyl groups is 1. The zero-order chi connectivity index (χ0) is 10.3. The molecular formula is C7H6NNaO5. The van der Waals surface area contributed by atoms with Crippen molar-refractivity contribution < 1.29 is 44.6 Å². The molecule has 0 aliphatic carbocycles. The molecule has 0 bridgehead atoms. The number of carbonyl (C=O) groups is 1. The molecule has 0 aliphatic heterocycles. The molecule has 0 saturated heterocycles. The Balaban J connectivity index is 0. The molecule has 1 rings (SSSR count). The summed E-state index contributed by atoms with van der Waals surface area (Å²) in [5.74, 6) is -1.31. The maximum absolute atomic E-state index is 10.3. The van der Waals surface area contributed by atoms with Gasteiger partial charge in [0, 0.05) is 0 Å². The van der Waals surface area contributed by atoms with Gasteiger partial charge >= 0.3 is 35.5 Å². The number of nitrogens with zero attached hydrogens (tertiary/aromatic N) is 1. The molecule has 0 heterocycles.